The molecule has 3 heterocycles. The minimum absolute atomic E-state index is 0.108. The van der Waals surface area contributed by atoms with Crippen molar-refractivity contribution in [3.63, 3.8) is 0 Å². The number of fused-ring (bicyclic) bond motifs is 1. The molecule has 8 nitrogen and oxygen atoms in total. The number of carboxylic acids is 1. The highest BCUT2D eigenvalue weighted by molar-refractivity contribution is 6.06. The number of nitrogens with zero attached hydrogens (tertiary/aromatic N) is 3. The fourth-order valence-corrected chi connectivity index (χ4v) is 4.70. The van der Waals surface area contributed by atoms with Crippen molar-refractivity contribution in [2.24, 2.45) is 0 Å². The van der Waals surface area contributed by atoms with Crippen molar-refractivity contribution in [3.05, 3.63) is 78.5 Å². The molecule has 0 atom stereocenters. The molecule has 37 heavy (non-hydrogen) atoms. The molecule has 1 amide bonds. The van der Waals surface area contributed by atoms with E-state index in [2.05, 4.69) is 63.0 Å². The molecule has 4 aromatic rings. The lowest BCUT2D eigenvalue weighted by molar-refractivity contribution is -0.111. The molecular weight excluding hydrogens is 466 g/mol. The number of carboxylic acid groups (broad SMARTS) is 1. The van der Waals surface area contributed by atoms with Crippen molar-refractivity contribution in [2.45, 2.75) is 6.92 Å². The molecule has 1 saturated heterocycles. The zero-order valence-electron chi connectivity index (χ0n) is 20.9. The second kappa shape index (κ2) is 9.91. The Morgan fingerprint density at radius 3 is 2.43 bits per heavy atom. The molecule has 0 unspecified atom stereocenters. The van der Waals surface area contributed by atoms with Gasteiger partial charge in [-0.15, -0.1) is 0 Å². The number of anilines is 2. The maximum absolute atomic E-state index is 12.0. The van der Waals surface area contributed by atoms with Crippen LogP contribution in [0.5, 0.6) is 0 Å². The van der Waals surface area contributed by atoms with E-state index in [0.29, 0.717) is 16.7 Å². The van der Waals surface area contributed by atoms with Crippen LogP contribution in [0.3, 0.4) is 0 Å². The second-order valence-electron chi connectivity index (χ2n) is 9.36. The van der Waals surface area contributed by atoms with Gasteiger partial charge in [0.2, 0.25) is 5.91 Å². The van der Waals surface area contributed by atoms with Gasteiger partial charge in [-0.3, -0.25) is 4.79 Å². The summed E-state index contributed by atoms with van der Waals surface area (Å²) in [5, 5.41) is 13.1. The minimum Gasteiger partial charge on any atom is -0.478 e. The number of benzene rings is 2. The van der Waals surface area contributed by atoms with Crippen LogP contribution in [0.4, 0.5) is 11.4 Å². The maximum atomic E-state index is 12.0. The summed E-state index contributed by atoms with van der Waals surface area (Å²) in [6.07, 6.45) is 2.59. The van der Waals surface area contributed by atoms with E-state index in [0.717, 1.165) is 54.1 Å². The number of piperazine rings is 1. The number of rotatable bonds is 6. The number of hydrogen-bond acceptors (Lipinski definition) is 5. The Balaban J connectivity index is 1.63. The van der Waals surface area contributed by atoms with E-state index in [9.17, 15) is 14.7 Å². The van der Waals surface area contributed by atoms with Crippen molar-refractivity contribution < 1.29 is 14.7 Å². The smallest absolute Gasteiger partial charge is 0.337 e. The van der Waals surface area contributed by atoms with Crippen LogP contribution in [0.15, 0.2) is 67.4 Å². The Bertz CT molecular complexity index is 1500. The van der Waals surface area contributed by atoms with Gasteiger partial charge in [0.25, 0.3) is 0 Å². The van der Waals surface area contributed by atoms with Crippen LogP contribution in [-0.2, 0) is 4.79 Å². The summed E-state index contributed by atoms with van der Waals surface area (Å²) >= 11 is 0. The predicted octanol–water partition coefficient (Wildman–Crippen LogP) is 4.78. The highest BCUT2D eigenvalue weighted by atomic mass is 16.4. The monoisotopic (exact) mass is 495 g/mol. The number of aromatic nitrogens is 2. The third kappa shape index (κ3) is 4.83. The molecule has 0 bridgehead atoms. The standard InChI is InChI=1S/C29H29N5O3/c1-4-25(35)31-24-16-20(6-5-18(24)2)26-23-15-21(29(36)37)17-30-28(23)32-27(26)19-7-9-22(10-8-19)34-13-11-33(3)12-14-34/h4-10,15-17H,1,11-14H2,2-3H3,(H,30,32)(H,31,35)(H,36,37). The van der Waals surface area contributed by atoms with Crippen LogP contribution in [-0.4, -0.2) is 65.1 Å². The quantitative estimate of drug-likeness (QED) is 0.333. The molecule has 1 fully saturated rings. The van der Waals surface area contributed by atoms with Crippen LogP contribution in [0, 0.1) is 6.92 Å². The van der Waals surface area contributed by atoms with Gasteiger partial charge in [0.15, 0.2) is 0 Å². The zero-order valence-corrected chi connectivity index (χ0v) is 20.9. The summed E-state index contributed by atoms with van der Waals surface area (Å²) in [6.45, 7) is 9.48. The van der Waals surface area contributed by atoms with Gasteiger partial charge in [-0.1, -0.05) is 30.8 Å². The van der Waals surface area contributed by atoms with Crippen LogP contribution in [0.25, 0.3) is 33.4 Å². The molecule has 0 saturated carbocycles. The van der Waals surface area contributed by atoms with Gasteiger partial charge in [-0.2, -0.15) is 0 Å². The fourth-order valence-electron chi connectivity index (χ4n) is 4.70. The molecule has 0 aliphatic carbocycles. The van der Waals surface area contributed by atoms with E-state index in [1.54, 1.807) is 6.07 Å². The number of aromatic amines is 1. The number of nitrogens with one attached hydrogen (secondary N) is 2. The lowest BCUT2D eigenvalue weighted by Gasteiger charge is -2.34. The second-order valence-corrected chi connectivity index (χ2v) is 9.36. The van der Waals surface area contributed by atoms with E-state index in [1.165, 1.54) is 18.0 Å². The lowest BCUT2D eigenvalue weighted by atomic mass is 9.96. The number of pyridine rings is 1. The average Bonchev–Trinajstić information content (AvgIpc) is 3.29. The molecule has 3 N–H and O–H groups in total. The molecule has 1 aliphatic heterocycles. The minimum atomic E-state index is -1.04. The first-order chi connectivity index (χ1) is 17.8. The van der Waals surface area contributed by atoms with Crippen molar-refractivity contribution in [3.8, 4) is 22.4 Å². The number of aryl methyl sites for hydroxylation is 1. The van der Waals surface area contributed by atoms with Gasteiger partial charge in [0.05, 0.1) is 11.3 Å². The van der Waals surface area contributed by atoms with Crippen molar-refractivity contribution in [1.82, 2.24) is 14.9 Å². The summed E-state index contributed by atoms with van der Waals surface area (Å²) < 4.78 is 0. The first-order valence-corrected chi connectivity index (χ1v) is 12.2. The molecule has 0 radical (unpaired) electrons. The third-order valence-corrected chi connectivity index (χ3v) is 6.89. The van der Waals surface area contributed by atoms with Crippen LogP contribution < -0.4 is 10.2 Å². The molecule has 1 aliphatic rings. The maximum Gasteiger partial charge on any atom is 0.337 e. The van der Waals surface area contributed by atoms with E-state index in [-0.39, 0.29) is 11.5 Å². The molecular formula is C29H29N5O3. The van der Waals surface area contributed by atoms with Gasteiger partial charge >= 0.3 is 5.97 Å². The van der Waals surface area contributed by atoms with Crippen LogP contribution >= 0.6 is 0 Å². The van der Waals surface area contributed by atoms with Crippen molar-refractivity contribution >= 4 is 34.3 Å². The number of aromatic carboxylic acids is 1. The highest BCUT2D eigenvalue weighted by Crippen LogP contribution is 2.40. The summed E-state index contributed by atoms with van der Waals surface area (Å²) in [5.41, 5.74) is 6.89. The van der Waals surface area contributed by atoms with E-state index in [4.69, 9.17) is 0 Å². The predicted molar refractivity (Wildman–Crippen MR) is 147 cm³/mol. The topological polar surface area (TPSA) is 102 Å². The first-order valence-electron chi connectivity index (χ1n) is 12.2. The molecule has 188 valence electrons. The van der Waals surface area contributed by atoms with Gasteiger partial charge < -0.3 is 25.2 Å². The fraction of sp³-hybridized carbons (Fsp3) is 0.207. The number of carbonyl (C=O) groups is 2. The number of carbonyl (C=O) groups excluding carboxylic acids is 1. The average molecular weight is 496 g/mol. The lowest BCUT2D eigenvalue weighted by Crippen LogP contribution is -2.44. The Kier molecular flexibility index (Phi) is 6.50. The number of H-pyrrole nitrogens is 1. The summed E-state index contributed by atoms with van der Waals surface area (Å²) in [5.74, 6) is -1.34. The Morgan fingerprint density at radius 2 is 1.76 bits per heavy atom. The summed E-state index contributed by atoms with van der Waals surface area (Å²) in [4.78, 5) is 36.2. The third-order valence-electron chi connectivity index (χ3n) is 6.89. The van der Waals surface area contributed by atoms with Gasteiger partial charge in [0, 0.05) is 54.7 Å². The largest absolute Gasteiger partial charge is 0.478 e. The van der Waals surface area contributed by atoms with Crippen molar-refractivity contribution in [2.75, 3.05) is 43.4 Å². The van der Waals surface area contributed by atoms with Gasteiger partial charge in [0.1, 0.15) is 5.65 Å². The normalized spacial score (nSPS) is 14.1. The Labute approximate surface area is 215 Å². The SMILES string of the molecule is C=CC(=O)Nc1cc(-c2c(-c3ccc(N4CCN(C)CC4)cc3)[nH]c3ncc(C(=O)O)cc23)ccc1C. The first kappa shape index (κ1) is 24.3. The number of amides is 1. The van der Waals surface area contributed by atoms with Crippen LogP contribution in [0.1, 0.15) is 15.9 Å². The van der Waals surface area contributed by atoms with Crippen molar-refractivity contribution in [1.29, 1.82) is 0 Å². The number of likely N-dealkylation sites (N-methyl/N-ethyl adjacent to an activating group) is 1. The van der Waals surface area contributed by atoms with Gasteiger partial charge in [-0.25, -0.2) is 9.78 Å². The van der Waals surface area contributed by atoms with Gasteiger partial charge in [-0.05, 0) is 61.0 Å². The Hall–Kier alpha value is -4.43. The summed E-state index contributed by atoms with van der Waals surface area (Å²) in [6, 6.07) is 15.8. The zero-order chi connectivity index (χ0) is 26.1. The molecule has 5 rings (SSSR count). The highest BCUT2D eigenvalue weighted by Gasteiger charge is 2.20. The molecule has 8 heteroatoms. The molecule has 2 aromatic heterocycles. The summed E-state index contributed by atoms with van der Waals surface area (Å²) in [7, 11) is 2.14. The van der Waals surface area contributed by atoms with E-state index < -0.39 is 5.97 Å². The van der Waals surface area contributed by atoms with Crippen LogP contribution in [0.2, 0.25) is 0 Å². The molecule has 0 spiro atoms. The Morgan fingerprint density at radius 1 is 1.05 bits per heavy atom. The molecule has 2 aromatic carbocycles. The van der Waals surface area contributed by atoms with E-state index in [1.807, 2.05) is 25.1 Å². The number of hydrogen-bond donors (Lipinski definition) is 3. The van der Waals surface area contributed by atoms with E-state index >= 15 is 0 Å².